The molecule has 0 aliphatic heterocycles. The van der Waals surface area contributed by atoms with Gasteiger partial charge < -0.3 is 14.2 Å². The third-order valence-electron chi connectivity index (χ3n) is 14.5. The fraction of sp³-hybridized carbons (Fsp3) is 0.952. The van der Waals surface area contributed by atoms with E-state index in [9.17, 15) is 14.4 Å². The Kier molecular flexibility index (Phi) is 56.0. The SMILES string of the molecule is CCCCCCCCCCCCCCCCCCCCCC(=O)O[C@@H](COC(=O)CCCCCCCCCCCCCCCC)COC(=O)CCCCCCCCCCCCCCCCCC(C)C. The van der Waals surface area contributed by atoms with Crippen LogP contribution in [0.15, 0.2) is 0 Å². The third-order valence-corrected chi connectivity index (χ3v) is 14.5. The smallest absolute Gasteiger partial charge is 0.306 e. The summed E-state index contributed by atoms with van der Waals surface area (Å²) in [5.41, 5.74) is 0. The zero-order valence-electron chi connectivity index (χ0n) is 47.3. The second-order valence-corrected chi connectivity index (χ2v) is 22.2. The van der Waals surface area contributed by atoms with Crippen LogP contribution in [0.25, 0.3) is 0 Å². The lowest BCUT2D eigenvalue weighted by Crippen LogP contribution is -2.30. The Morgan fingerprint density at radius 3 is 0.710 bits per heavy atom. The first-order chi connectivity index (χ1) is 33.9. The maximum atomic E-state index is 12.9. The number of hydrogen-bond acceptors (Lipinski definition) is 6. The molecule has 69 heavy (non-hydrogen) atoms. The van der Waals surface area contributed by atoms with Gasteiger partial charge in [-0.3, -0.25) is 14.4 Å². The molecule has 6 heteroatoms. The molecule has 0 aromatic carbocycles. The highest BCUT2D eigenvalue weighted by atomic mass is 16.6. The number of carbonyl (C=O) groups is 3. The quantitative estimate of drug-likeness (QED) is 0.0343. The predicted molar refractivity (Wildman–Crippen MR) is 298 cm³/mol. The van der Waals surface area contributed by atoms with E-state index in [1.165, 1.54) is 257 Å². The molecule has 0 fully saturated rings. The van der Waals surface area contributed by atoms with E-state index in [2.05, 4.69) is 27.7 Å². The van der Waals surface area contributed by atoms with Gasteiger partial charge in [0.15, 0.2) is 6.10 Å². The minimum Gasteiger partial charge on any atom is -0.462 e. The van der Waals surface area contributed by atoms with Gasteiger partial charge in [-0.15, -0.1) is 0 Å². The van der Waals surface area contributed by atoms with Gasteiger partial charge in [0, 0.05) is 19.3 Å². The topological polar surface area (TPSA) is 78.9 Å². The maximum absolute atomic E-state index is 12.9. The maximum Gasteiger partial charge on any atom is 0.306 e. The number of ether oxygens (including phenoxy) is 3. The Labute approximate surface area is 431 Å². The van der Waals surface area contributed by atoms with Crippen molar-refractivity contribution in [2.24, 2.45) is 5.92 Å². The Morgan fingerprint density at radius 2 is 0.478 bits per heavy atom. The van der Waals surface area contributed by atoms with Gasteiger partial charge >= 0.3 is 17.9 Å². The molecule has 0 amide bonds. The van der Waals surface area contributed by atoms with Gasteiger partial charge in [-0.05, 0) is 25.2 Å². The van der Waals surface area contributed by atoms with E-state index < -0.39 is 6.10 Å². The molecule has 0 rings (SSSR count). The second kappa shape index (κ2) is 57.3. The molecular formula is C63H122O6. The van der Waals surface area contributed by atoms with Crippen molar-refractivity contribution in [1.82, 2.24) is 0 Å². The predicted octanol–water partition coefficient (Wildman–Crippen LogP) is 21.0. The Bertz CT molecular complexity index is 1040. The van der Waals surface area contributed by atoms with Crippen molar-refractivity contribution < 1.29 is 28.6 Å². The largest absolute Gasteiger partial charge is 0.462 e. The van der Waals surface area contributed by atoms with E-state index in [1.54, 1.807) is 0 Å². The van der Waals surface area contributed by atoms with Gasteiger partial charge in [-0.2, -0.15) is 0 Å². The Hall–Kier alpha value is -1.59. The zero-order chi connectivity index (χ0) is 50.2. The number of unbranched alkanes of at least 4 members (excludes halogenated alkanes) is 45. The van der Waals surface area contributed by atoms with Gasteiger partial charge in [-0.1, -0.05) is 323 Å². The van der Waals surface area contributed by atoms with E-state index in [4.69, 9.17) is 14.2 Å². The first-order valence-electron chi connectivity index (χ1n) is 31.4. The molecule has 6 nitrogen and oxygen atoms in total. The van der Waals surface area contributed by atoms with Gasteiger partial charge in [0.1, 0.15) is 13.2 Å². The summed E-state index contributed by atoms with van der Waals surface area (Å²) in [5.74, 6) is 0.0203. The van der Waals surface area contributed by atoms with Gasteiger partial charge in [0.25, 0.3) is 0 Å². The highest BCUT2D eigenvalue weighted by Crippen LogP contribution is 2.19. The highest BCUT2D eigenvalue weighted by Gasteiger charge is 2.19. The van der Waals surface area contributed by atoms with Crippen LogP contribution in [0.4, 0.5) is 0 Å². The summed E-state index contributed by atoms with van der Waals surface area (Å²) in [6.07, 6.45) is 63.9. The van der Waals surface area contributed by atoms with Crippen molar-refractivity contribution in [2.45, 2.75) is 368 Å². The minimum absolute atomic E-state index is 0.0613. The molecule has 0 saturated carbocycles. The first kappa shape index (κ1) is 67.4. The highest BCUT2D eigenvalue weighted by molar-refractivity contribution is 5.71. The summed E-state index contributed by atoms with van der Waals surface area (Å²) < 4.78 is 16.9. The minimum atomic E-state index is -0.762. The average Bonchev–Trinajstić information content (AvgIpc) is 3.34. The van der Waals surface area contributed by atoms with Crippen molar-refractivity contribution in [3.63, 3.8) is 0 Å². The second-order valence-electron chi connectivity index (χ2n) is 22.2. The summed E-state index contributed by atoms with van der Waals surface area (Å²) in [6, 6.07) is 0. The number of esters is 3. The third kappa shape index (κ3) is 57.2. The molecule has 1 atom stereocenters. The molecule has 0 N–H and O–H groups in total. The lowest BCUT2D eigenvalue weighted by atomic mass is 10.0. The van der Waals surface area contributed by atoms with E-state index >= 15 is 0 Å². The fourth-order valence-corrected chi connectivity index (χ4v) is 9.81. The molecule has 0 spiro atoms. The van der Waals surface area contributed by atoms with Crippen LogP contribution in [-0.4, -0.2) is 37.2 Å². The molecule has 0 aromatic heterocycles. The summed E-state index contributed by atoms with van der Waals surface area (Å²) in [7, 11) is 0. The summed E-state index contributed by atoms with van der Waals surface area (Å²) in [5, 5.41) is 0. The summed E-state index contributed by atoms with van der Waals surface area (Å²) in [6.45, 7) is 9.09. The molecule has 0 heterocycles. The van der Waals surface area contributed by atoms with Crippen molar-refractivity contribution in [3.05, 3.63) is 0 Å². The van der Waals surface area contributed by atoms with E-state index in [1.807, 2.05) is 0 Å². The van der Waals surface area contributed by atoms with Crippen LogP contribution in [0.2, 0.25) is 0 Å². The van der Waals surface area contributed by atoms with Gasteiger partial charge in [0.2, 0.25) is 0 Å². The van der Waals surface area contributed by atoms with Crippen molar-refractivity contribution in [1.29, 1.82) is 0 Å². The molecule has 0 aromatic rings. The van der Waals surface area contributed by atoms with E-state index in [0.717, 1.165) is 63.7 Å². The lowest BCUT2D eigenvalue weighted by Gasteiger charge is -2.18. The van der Waals surface area contributed by atoms with Crippen LogP contribution in [0.1, 0.15) is 362 Å². The first-order valence-corrected chi connectivity index (χ1v) is 31.4. The van der Waals surface area contributed by atoms with Crippen LogP contribution in [0.5, 0.6) is 0 Å². The summed E-state index contributed by atoms with van der Waals surface area (Å²) >= 11 is 0. The van der Waals surface area contributed by atoms with Crippen molar-refractivity contribution in [3.8, 4) is 0 Å². The van der Waals surface area contributed by atoms with Gasteiger partial charge in [-0.25, -0.2) is 0 Å². The average molecular weight is 976 g/mol. The molecule has 0 unspecified atom stereocenters. The van der Waals surface area contributed by atoms with Crippen LogP contribution < -0.4 is 0 Å². The van der Waals surface area contributed by atoms with E-state index in [-0.39, 0.29) is 31.1 Å². The Balaban J connectivity index is 4.27. The standard InChI is InChI=1S/C63H122O6/c1-5-7-9-11-13-15-17-19-21-22-23-24-27-32-36-40-44-48-52-56-63(66)69-60(57-67-61(64)54-50-46-42-38-34-30-20-18-16-14-12-10-8-6-2)58-68-62(65)55-51-47-43-39-35-31-28-25-26-29-33-37-41-45-49-53-59(3)4/h59-60H,5-58H2,1-4H3/t60-/m0/s1. The van der Waals surface area contributed by atoms with E-state index in [0.29, 0.717) is 19.3 Å². The number of rotatable bonds is 58. The Morgan fingerprint density at radius 1 is 0.275 bits per heavy atom. The van der Waals surface area contributed by atoms with Crippen LogP contribution in [-0.2, 0) is 28.6 Å². The van der Waals surface area contributed by atoms with Crippen molar-refractivity contribution in [2.75, 3.05) is 13.2 Å². The lowest BCUT2D eigenvalue weighted by molar-refractivity contribution is -0.167. The molecular weight excluding hydrogens is 853 g/mol. The van der Waals surface area contributed by atoms with Crippen LogP contribution in [0.3, 0.4) is 0 Å². The molecule has 0 saturated heterocycles. The van der Waals surface area contributed by atoms with Crippen LogP contribution in [0, 0.1) is 5.92 Å². The summed E-state index contributed by atoms with van der Waals surface area (Å²) in [4.78, 5) is 38.3. The molecule has 410 valence electrons. The monoisotopic (exact) mass is 975 g/mol. The molecule has 0 radical (unpaired) electrons. The molecule has 0 aliphatic rings. The van der Waals surface area contributed by atoms with Crippen LogP contribution >= 0.6 is 0 Å². The zero-order valence-corrected chi connectivity index (χ0v) is 47.3. The normalized spacial score (nSPS) is 12.0. The number of hydrogen-bond donors (Lipinski definition) is 0. The molecule has 0 bridgehead atoms. The fourth-order valence-electron chi connectivity index (χ4n) is 9.81. The number of carbonyl (C=O) groups excluding carboxylic acids is 3. The van der Waals surface area contributed by atoms with Gasteiger partial charge in [0.05, 0.1) is 0 Å². The molecule has 0 aliphatic carbocycles. The van der Waals surface area contributed by atoms with Crippen molar-refractivity contribution >= 4 is 17.9 Å².